The standard InChI is InChI=1S/C14H15Cl2N3O3/c1-8-13(14(21-3)19(2)18-8)17-12(20)7-22-11-5-9(15)4-10(16)6-11/h4-6H,7H2,1-3H3,(H,17,20). The Kier molecular flexibility index (Phi) is 5.15. The van der Waals surface area contributed by atoms with Crippen LogP contribution in [0.5, 0.6) is 11.6 Å². The molecule has 0 aliphatic rings. The second kappa shape index (κ2) is 6.89. The summed E-state index contributed by atoms with van der Waals surface area (Å²) in [5.74, 6) is 0.546. The van der Waals surface area contributed by atoms with Gasteiger partial charge in [0.05, 0.1) is 12.8 Å². The summed E-state index contributed by atoms with van der Waals surface area (Å²) in [5, 5.41) is 7.76. The van der Waals surface area contributed by atoms with Gasteiger partial charge in [-0.2, -0.15) is 5.10 Å². The molecule has 0 aliphatic carbocycles. The molecular weight excluding hydrogens is 329 g/mol. The van der Waals surface area contributed by atoms with Gasteiger partial charge in [-0.1, -0.05) is 23.2 Å². The van der Waals surface area contributed by atoms with Crippen molar-refractivity contribution in [1.82, 2.24) is 9.78 Å². The fourth-order valence-electron chi connectivity index (χ4n) is 1.95. The molecule has 8 heteroatoms. The Balaban J connectivity index is 2.02. The van der Waals surface area contributed by atoms with E-state index in [9.17, 15) is 4.79 Å². The van der Waals surface area contributed by atoms with Gasteiger partial charge in [0.1, 0.15) is 11.4 Å². The summed E-state index contributed by atoms with van der Waals surface area (Å²) in [5.41, 5.74) is 1.17. The maximum atomic E-state index is 12.0. The zero-order valence-corrected chi connectivity index (χ0v) is 13.8. The molecule has 118 valence electrons. The van der Waals surface area contributed by atoms with Gasteiger partial charge in [0.15, 0.2) is 6.61 Å². The van der Waals surface area contributed by atoms with E-state index in [1.165, 1.54) is 7.11 Å². The van der Waals surface area contributed by atoms with Gasteiger partial charge >= 0.3 is 0 Å². The van der Waals surface area contributed by atoms with Gasteiger partial charge in [0, 0.05) is 17.1 Å². The van der Waals surface area contributed by atoms with E-state index in [-0.39, 0.29) is 12.5 Å². The predicted octanol–water partition coefficient (Wildman–Crippen LogP) is 3.06. The van der Waals surface area contributed by atoms with Crippen LogP contribution in [-0.2, 0) is 11.8 Å². The number of ether oxygens (including phenoxy) is 2. The Morgan fingerprint density at radius 3 is 2.55 bits per heavy atom. The van der Waals surface area contributed by atoms with Crippen LogP contribution in [0.2, 0.25) is 10.0 Å². The highest BCUT2D eigenvalue weighted by molar-refractivity contribution is 6.34. The van der Waals surface area contributed by atoms with E-state index in [1.54, 1.807) is 36.9 Å². The number of amides is 1. The van der Waals surface area contributed by atoms with Crippen LogP contribution in [0.25, 0.3) is 0 Å². The van der Waals surface area contributed by atoms with Crippen LogP contribution in [0.1, 0.15) is 5.69 Å². The van der Waals surface area contributed by atoms with E-state index in [2.05, 4.69) is 10.4 Å². The van der Waals surface area contributed by atoms with Gasteiger partial charge in [0.2, 0.25) is 5.88 Å². The van der Waals surface area contributed by atoms with E-state index in [0.717, 1.165) is 0 Å². The van der Waals surface area contributed by atoms with Crippen molar-refractivity contribution in [3.63, 3.8) is 0 Å². The van der Waals surface area contributed by atoms with Gasteiger partial charge in [0.25, 0.3) is 5.91 Å². The molecular formula is C14H15Cl2N3O3. The number of carbonyl (C=O) groups is 1. The first-order chi connectivity index (χ1) is 10.4. The SMILES string of the molecule is COc1c(NC(=O)COc2cc(Cl)cc(Cl)c2)c(C)nn1C. The third-order valence-electron chi connectivity index (χ3n) is 2.83. The molecule has 1 heterocycles. The molecule has 1 aromatic heterocycles. The van der Waals surface area contributed by atoms with Crippen LogP contribution < -0.4 is 14.8 Å². The van der Waals surface area contributed by atoms with Crippen LogP contribution in [-0.4, -0.2) is 29.4 Å². The molecule has 1 N–H and O–H groups in total. The predicted molar refractivity (Wildman–Crippen MR) is 85.1 cm³/mol. The monoisotopic (exact) mass is 343 g/mol. The van der Waals surface area contributed by atoms with Gasteiger partial charge in [-0.25, -0.2) is 4.68 Å². The molecule has 0 saturated carbocycles. The number of hydrogen-bond donors (Lipinski definition) is 1. The lowest BCUT2D eigenvalue weighted by atomic mass is 10.3. The molecule has 6 nitrogen and oxygen atoms in total. The van der Waals surface area contributed by atoms with Crippen LogP contribution >= 0.6 is 23.2 Å². The first kappa shape index (κ1) is 16.5. The molecule has 0 spiro atoms. The topological polar surface area (TPSA) is 65.4 Å². The summed E-state index contributed by atoms with van der Waals surface area (Å²) in [6.45, 7) is 1.59. The maximum Gasteiger partial charge on any atom is 0.262 e. The lowest BCUT2D eigenvalue weighted by Gasteiger charge is -2.09. The van der Waals surface area contributed by atoms with Gasteiger partial charge < -0.3 is 14.8 Å². The Bertz CT molecular complexity index is 681. The lowest BCUT2D eigenvalue weighted by Crippen LogP contribution is -2.20. The summed E-state index contributed by atoms with van der Waals surface area (Å²) in [4.78, 5) is 12.0. The van der Waals surface area contributed by atoms with Crippen molar-refractivity contribution in [2.75, 3.05) is 19.0 Å². The summed E-state index contributed by atoms with van der Waals surface area (Å²) < 4.78 is 12.1. The fourth-order valence-corrected chi connectivity index (χ4v) is 2.46. The third kappa shape index (κ3) is 3.84. The molecule has 0 saturated heterocycles. The van der Waals surface area contributed by atoms with Crippen molar-refractivity contribution < 1.29 is 14.3 Å². The van der Waals surface area contributed by atoms with Crippen LogP contribution in [0.3, 0.4) is 0 Å². The highest BCUT2D eigenvalue weighted by atomic mass is 35.5. The zero-order valence-electron chi connectivity index (χ0n) is 12.3. The second-order valence-corrected chi connectivity index (χ2v) is 5.41. The smallest absolute Gasteiger partial charge is 0.262 e. The zero-order chi connectivity index (χ0) is 16.3. The maximum absolute atomic E-state index is 12.0. The number of halogens is 2. The minimum Gasteiger partial charge on any atom is -0.484 e. The molecule has 1 aromatic carbocycles. The number of carbonyl (C=O) groups excluding carboxylic acids is 1. The fraction of sp³-hybridized carbons (Fsp3) is 0.286. The first-order valence-corrected chi connectivity index (χ1v) is 7.12. The summed E-state index contributed by atoms with van der Waals surface area (Å²) >= 11 is 11.7. The first-order valence-electron chi connectivity index (χ1n) is 6.37. The molecule has 0 unspecified atom stereocenters. The van der Waals surface area contributed by atoms with Crippen molar-refractivity contribution in [2.24, 2.45) is 7.05 Å². The minimum absolute atomic E-state index is 0.186. The molecule has 2 rings (SSSR count). The Morgan fingerprint density at radius 2 is 1.95 bits per heavy atom. The Hall–Kier alpha value is -1.92. The van der Waals surface area contributed by atoms with E-state index in [1.807, 2.05) is 0 Å². The molecule has 0 radical (unpaired) electrons. The van der Waals surface area contributed by atoms with Crippen molar-refractivity contribution in [3.05, 3.63) is 33.9 Å². The van der Waals surface area contributed by atoms with Crippen LogP contribution in [0, 0.1) is 6.92 Å². The second-order valence-electron chi connectivity index (χ2n) is 4.54. The number of anilines is 1. The van der Waals surface area contributed by atoms with Gasteiger partial charge in [-0.15, -0.1) is 0 Å². The number of aromatic nitrogens is 2. The number of rotatable bonds is 5. The number of methoxy groups -OCH3 is 1. The van der Waals surface area contributed by atoms with E-state index in [0.29, 0.717) is 33.1 Å². The molecule has 2 aromatic rings. The van der Waals surface area contributed by atoms with Crippen LogP contribution in [0.15, 0.2) is 18.2 Å². The van der Waals surface area contributed by atoms with Crippen molar-refractivity contribution in [3.8, 4) is 11.6 Å². The average Bonchev–Trinajstić information content (AvgIpc) is 2.69. The summed E-state index contributed by atoms with van der Waals surface area (Å²) in [6, 6.07) is 4.74. The average molecular weight is 344 g/mol. The molecule has 0 fully saturated rings. The van der Waals surface area contributed by atoms with Crippen molar-refractivity contribution in [1.29, 1.82) is 0 Å². The highest BCUT2D eigenvalue weighted by Gasteiger charge is 2.16. The van der Waals surface area contributed by atoms with Gasteiger partial charge in [-0.3, -0.25) is 4.79 Å². The minimum atomic E-state index is -0.342. The molecule has 0 bridgehead atoms. The molecule has 0 aliphatic heterocycles. The molecule has 1 amide bonds. The molecule has 0 atom stereocenters. The number of benzene rings is 1. The molecule has 22 heavy (non-hydrogen) atoms. The highest BCUT2D eigenvalue weighted by Crippen LogP contribution is 2.27. The lowest BCUT2D eigenvalue weighted by molar-refractivity contribution is -0.118. The normalized spacial score (nSPS) is 10.4. The van der Waals surface area contributed by atoms with Gasteiger partial charge in [-0.05, 0) is 25.1 Å². The van der Waals surface area contributed by atoms with E-state index in [4.69, 9.17) is 32.7 Å². The summed E-state index contributed by atoms with van der Waals surface area (Å²) in [7, 11) is 3.24. The third-order valence-corrected chi connectivity index (χ3v) is 3.27. The largest absolute Gasteiger partial charge is 0.484 e. The van der Waals surface area contributed by atoms with E-state index >= 15 is 0 Å². The Morgan fingerprint density at radius 1 is 1.32 bits per heavy atom. The Labute approximate surface area is 137 Å². The number of hydrogen-bond acceptors (Lipinski definition) is 4. The number of nitrogens with one attached hydrogen (secondary N) is 1. The number of aryl methyl sites for hydroxylation is 2. The van der Waals surface area contributed by atoms with E-state index < -0.39 is 0 Å². The summed E-state index contributed by atoms with van der Waals surface area (Å²) in [6.07, 6.45) is 0. The van der Waals surface area contributed by atoms with Crippen molar-refractivity contribution in [2.45, 2.75) is 6.92 Å². The quantitative estimate of drug-likeness (QED) is 0.905. The van der Waals surface area contributed by atoms with Crippen molar-refractivity contribution >= 4 is 34.8 Å². The number of nitrogens with zero attached hydrogens (tertiary/aromatic N) is 2. The van der Waals surface area contributed by atoms with Crippen LogP contribution in [0.4, 0.5) is 5.69 Å².